The van der Waals surface area contributed by atoms with E-state index in [-0.39, 0.29) is 0 Å². The maximum absolute atomic E-state index is 5.65. The number of aryl methyl sites for hydroxylation is 1. The van der Waals surface area contributed by atoms with Crippen LogP contribution < -0.4 is 5.73 Å². The molecule has 0 spiro atoms. The SMILES string of the molecule is CC(CN)CC1CCc2cccnc21. The zero-order chi connectivity index (χ0) is 9.97. The van der Waals surface area contributed by atoms with Crippen LogP contribution in [0.25, 0.3) is 0 Å². The summed E-state index contributed by atoms with van der Waals surface area (Å²) in [5, 5.41) is 0. The number of rotatable bonds is 3. The van der Waals surface area contributed by atoms with E-state index in [1.807, 2.05) is 12.3 Å². The van der Waals surface area contributed by atoms with Gasteiger partial charge in [-0.05, 0) is 43.4 Å². The minimum Gasteiger partial charge on any atom is -0.330 e. The lowest BCUT2D eigenvalue weighted by atomic mass is 9.94. The van der Waals surface area contributed by atoms with Crippen molar-refractivity contribution in [3.05, 3.63) is 29.6 Å². The van der Waals surface area contributed by atoms with E-state index in [0.29, 0.717) is 11.8 Å². The fourth-order valence-electron chi connectivity index (χ4n) is 2.31. The maximum Gasteiger partial charge on any atom is 0.0466 e. The first-order valence-corrected chi connectivity index (χ1v) is 5.45. The average molecular weight is 190 g/mol. The van der Waals surface area contributed by atoms with Crippen LogP contribution in [0.15, 0.2) is 18.3 Å². The highest BCUT2D eigenvalue weighted by Gasteiger charge is 2.24. The molecule has 2 atom stereocenters. The summed E-state index contributed by atoms with van der Waals surface area (Å²) in [5.74, 6) is 1.28. The normalized spacial score (nSPS) is 22.0. The van der Waals surface area contributed by atoms with Crippen molar-refractivity contribution < 1.29 is 0 Å². The predicted octanol–water partition coefficient (Wildman–Crippen LogP) is 2.10. The summed E-state index contributed by atoms with van der Waals surface area (Å²) in [6, 6.07) is 4.24. The number of nitrogens with two attached hydrogens (primary N) is 1. The van der Waals surface area contributed by atoms with E-state index in [1.165, 1.54) is 30.5 Å². The van der Waals surface area contributed by atoms with Crippen LogP contribution in [0.3, 0.4) is 0 Å². The molecule has 1 aliphatic rings. The molecule has 0 fully saturated rings. The van der Waals surface area contributed by atoms with Crippen molar-refractivity contribution in [3.8, 4) is 0 Å². The third-order valence-corrected chi connectivity index (χ3v) is 3.16. The Morgan fingerprint density at radius 3 is 3.29 bits per heavy atom. The summed E-state index contributed by atoms with van der Waals surface area (Å²) in [6.07, 6.45) is 5.56. The second-order valence-corrected chi connectivity index (χ2v) is 4.36. The quantitative estimate of drug-likeness (QED) is 0.792. The molecule has 76 valence electrons. The molecule has 14 heavy (non-hydrogen) atoms. The molecule has 2 nitrogen and oxygen atoms in total. The molecule has 2 unspecified atom stereocenters. The summed E-state index contributed by atoms with van der Waals surface area (Å²) >= 11 is 0. The molecule has 1 aromatic rings. The van der Waals surface area contributed by atoms with Gasteiger partial charge in [-0.1, -0.05) is 13.0 Å². The first-order chi connectivity index (χ1) is 6.81. The van der Waals surface area contributed by atoms with Crippen LogP contribution in [0.5, 0.6) is 0 Å². The molecule has 0 amide bonds. The van der Waals surface area contributed by atoms with Gasteiger partial charge in [-0.3, -0.25) is 4.98 Å². The molecule has 1 aromatic heterocycles. The Hall–Kier alpha value is -0.890. The van der Waals surface area contributed by atoms with Crippen LogP contribution in [-0.2, 0) is 6.42 Å². The minimum absolute atomic E-state index is 0.618. The standard InChI is InChI=1S/C12H18N2/c1-9(8-13)7-11-5-4-10-3-2-6-14-12(10)11/h2-3,6,9,11H,4-5,7-8,13H2,1H3. The molecule has 0 bridgehead atoms. The van der Waals surface area contributed by atoms with E-state index in [2.05, 4.69) is 18.0 Å². The fourth-order valence-corrected chi connectivity index (χ4v) is 2.31. The Bertz CT molecular complexity index is 309. The molecule has 0 aromatic carbocycles. The molecule has 0 saturated carbocycles. The van der Waals surface area contributed by atoms with Gasteiger partial charge in [-0.2, -0.15) is 0 Å². The van der Waals surface area contributed by atoms with Crippen LogP contribution in [-0.4, -0.2) is 11.5 Å². The molecule has 0 radical (unpaired) electrons. The summed E-state index contributed by atoms with van der Waals surface area (Å²) in [6.45, 7) is 3.01. The topological polar surface area (TPSA) is 38.9 Å². The van der Waals surface area contributed by atoms with Crippen LogP contribution in [0.4, 0.5) is 0 Å². The molecular formula is C12H18N2. The van der Waals surface area contributed by atoms with Crippen LogP contribution >= 0.6 is 0 Å². The smallest absolute Gasteiger partial charge is 0.0466 e. The number of aromatic nitrogens is 1. The van der Waals surface area contributed by atoms with Crippen LogP contribution in [0.2, 0.25) is 0 Å². The number of pyridine rings is 1. The third kappa shape index (κ3) is 1.80. The van der Waals surface area contributed by atoms with Crippen molar-refractivity contribution in [2.75, 3.05) is 6.54 Å². The Morgan fingerprint density at radius 2 is 2.50 bits per heavy atom. The van der Waals surface area contributed by atoms with E-state index in [1.54, 1.807) is 0 Å². The van der Waals surface area contributed by atoms with E-state index in [9.17, 15) is 0 Å². The van der Waals surface area contributed by atoms with Crippen molar-refractivity contribution in [3.63, 3.8) is 0 Å². The predicted molar refractivity (Wildman–Crippen MR) is 58.1 cm³/mol. The van der Waals surface area contributed by atoms with Crippen molar-refractivity contribution in [2.45, 2.75) is 32.1 Å². The van der Waals surface area contributed by atoms with Crippen molar-refractivity contribution in [2.24, 2.45) is 11.7 Å². The third-order valence-electron chi connectivity index (χ3n) is 3.16. The van der Waals surface area contributed by atoms with Gasteiger partial charge >= 0.3 is 0 Å². The van der Waals surface area contributed by atoms with E-state index >= 15 is 0 Å². The second-order valence-electron chi connectivity index (χ2n) is 4.36. The van der Waals surface area contributed by atoms with Gasteiger partial charge in [0.2, 0.25) is 0 Å². The molecular weight excluding hydrogens is 172 g/mol. The molecule has 1 heterocycles. The average Bonchev–Trinajstić information content (AvgIpc) is 2.62. The summed E-state index contributed by atoms with van der Waals surface area (Å²) in [7, 11) is 0. The molecule has 2 heteroatoms. The fraction of sp³-hybridized carbons (Fsp3) is 0.583. The van der Waals surface area contributed by atoms with E-state index < -0.39 is 0 Å². The van der Waals surface area contributed by atoms with Crippen molar-refractivity contribution in [1.29, 1.82) is 0 Å². The van der Waals surface area contributed by atoms with Gasteiger partial charge in [0.15, 0.2) is 0 Å². The Balaban J connectivity index is 2.10. The van der Waals surface area contributed by atoms with Gasteiger partial charge in [-0.25, -0.2) is 0 Å². The van der Waals surface area contributed by atoms with Gasteiger partial charge in [0.25, 0.3) is 0 Å². The second kappa shape index (κ2) is 4.09. The van der Waals surface area contributed by atoms with Gasteiger partial charge < -0.3 is 5.73 Å². The first-order valence-electron chi connectivity index (χ1n) is 5.45. The number of nitrogens with zero attached hydrogens (tertiary/aromatic N) is 1. The van der Waals surface area contributed by atoms with Crippen molar-refractivity contribution >= 4 is 0 Å². The highest BCUT2D eigenvalue weighted by atomic mass is 14.7. The Kier molecular flexibility index (Phi) is 2.82. The lowest BCUT2D eigenvalue weighted by Crippen LogP contribution is -2.13. The molecule has 0 aliphatic heterocycles. The molecule has 2 N–H and O–H groups in total. The molecule has 1 aliphatic carbocycles. The zero-order valence-electron chi connectivity index (χ0n) is 8.74. The van der Waals surface area contributed by atoms with Gasteiger partial charge in [0.1, 0.15) is 0 Å². The summed E-state index contributed by atoms with van der Waals surface area (Å²) < 4.78 is 0. The maximum atomic E-state index is 5.65. The van der Waals surface area contributed by atoms with Gasteiger partial charge in [0, 0.05) is 17.8 Å². The zero-order valence-corrected chi connectivity index (χ0v) is 8.74. The molecule has 2 rings (SSSR count). The first kappa shape index (κ1) is 9.66. The highest BCUT2D eigenvalue weighted by Crippen LogP contribution is 2.35. The lowest BCUT2D eigenvalue weighted by molar-refractivity contribution is 0.467. The van der Waals surface area contributed by atoms with Crippen LogP contribution in [0, 0.1) is 5.92 Å². The Morgan fingerprint density at radius 1 is 1.64 bits per heavy atom. The summed E-state index contributed by atoms with van der Waals surface area (Å²) in [5.41, 5.74) is 8.42. The molecule has 0 saturated heterocycles. The monoisotopic (exact) mass is 190 g/mol. The Labute approximate surface area is 85.5 Å². The van der Waals surface area contributed by atoms with E-state index in [4.69, 9.17) is 5.73 Å². The minimum atomic E-state index is 0.618. The highest BCUT2D eigenvalue weighted by molar-refractivity contribution is 5.28. The van der Waals surface area contributed by atoms with Crippen molar-refractivity contribution in [1.82, 2.24) is 4.98 Å². The summed E-state index contributed by atoms with van der Waals surface area (Å²) in [4.78, 5) is 4.49. The largest absolute Gasteiger partial charge is 0.330 e. The van der Waals surface area contributed by atoms with E-state index in [0.717, 1.165) is 6.54 Å². The van der Waals surface area contributed by atoms with Gasteiger partial charge in [0.05, 0.1) is 0 Å². The number of fused-ring (bicyclic) bond motifs is 1. The number of hydrogen-bond donors (Lipinski definition) is 1. The lowest BCUT2D eigenvalue weighted by Gasteiger charge is -2.14. The van der Waals surface area contributed by atoms with Gasteiger partial charge in [-0.15, -0.1) is 0 Å². The van der Waals surface area contributed by atoms with Crippen LogP contribution in [0.1, 0.15) is 36.9 Å². The number of hydrogen-bond acceptors (Lipinski definition) is 2.